The van der Waals surface area contributed by atoms with Gasteiger partial charge in [0.05, 0.1) is 18.3 Å². The van der Waals surface area contributed by atoms with Crippen LogP contribution in [0, 0.1) is 0 Å². The maximum atomic E-state index is 13.0. The van der Waals surface area contributed by atoms with Crippen LogP contribution in [0.2, 0.25) is 5.02 Å². The van der Waals surface area contributed by atoms with E-state index in [0.29, 0.717) is 43.1 Å². The van der Waals surface area contributed by atoms with Gasteiger partial charge in [-0.05, 0) is 54.2 Å². The molecular formula is C30H33ClN2O5. The molecule has 2 atom stereocenters. The molecule has 0 saturated carbocycles. The summed E-state index contributed by atoms with van der Waals surface area (Å²) in [6.45, 7) is 3.87. The highest BCUT2D eigenvalue weighted by atomic mass is 35.5. The second-order valence-corrected chi connectivity index (χ2v) is 9.57. The van der Waals surface area contributed by atoms with Crippen molar-refractivity contribution in [3.63, 3.8) is 0 Å². The van der Waals surface area contributed by atoms with Crippen molar-refractivity contribution in [1.29, 1.82) is 0 Å². The number of hydrogen-bond acceptors (Lipinski definition) is 6. The van der Waals surface area contributed by atoms with Crippen molar-refractivity contribution < 1.29 is 24.2 Å². The van der Waals surface area contributed by atoms with Crippen molar-refractivity contribution in [3.8, 4) is 11.1 Å². The molecule has 200 valence electrons. The van der Waals surface area contributed by atoms with Gasteiger partial charge in [0.25, 0.3) is 0 Å². The highest BCUT2D eigenvalue weighted by molar-refractivity contribution is 6.33. The lowest BCUT2D eigenvalue weighted by atomic mass is 9.93. The maximum absolute atomic E-state index is 13.0. The van der Waals surface area contributed by atoms with Gasteiger partial charge < -0.3 is 19.9 Å². The third-order valence-corrected chi connectivity index (χ3v) is 6.90. The second kappa shape index (κ2) is 13.5. The van der Waals surface area contributed by atoms with E-state index >= 15 is 0 Å². The summed E-state index contributed by atoms with van der Waals surface area (Å²) in [7, 11) is 0. The molecule has 2 N–H and O–H groups in total. The molecule has 8 heteroatoms. The molecule has 1 aliphatic heterocycles. The van der Waals surface area contributed by atoms with Crippen molar-refractivity contribution in [2.45, 2.75) is 38.5 Å². The quantitative estimate of drug-likeness (QED) is 0.273. The first-order valence-electron chi connectivity index (χ1n) is 12.9. The van der Waals surface area contributed by atoms with Crippen molar-refractivity contribution in [3.05, 3.63) is 94.5 Å². The van der Waals surface area contributed by atoms with Crippen molar-refractivity contribution in [1.82, 2.24) is 10.2 Å². The van der Waals surface area contributed by atoms with Gasteiger partial charge in [0.1, 0.15) is 6.23 Å². The molecule has 3 aromatic carbocycles. The lowest BCUT2D eigenvalue weighted by Gasteiger charge is -2.33. The summed E-state index contributed by atoms with van der Waals surface area (Å²) in [5.41, 5.74) is 3.97. The van der Waals surface area contributed by atoms with Gasteiger partial charge in [0.2, 0.25) is 0 Å². The van der Waals surface area contributed by atoms with Crippen LogP contribution in [-0.4, -0.2) is 54.5 Å². The first-order chi connectivity index (χ1) is 18.5. The zero-order valence-corrected chi connectivity index (χ0v) is 22.2. The molecule has 0 radical (unpaired) electrons. The molecule has 0 spiro atoms. The van der Waals surface area contributed by atoms with Crippen LogP contribution < -0.4 is 5.32 Å². The number of amides is 1. The van der Waals surface area contributed by atoms with Gasteiger partial charge in [-0.25, -0.2) is 9.59 Å². The molecule has 1 heterocycles. The highest BCUT2D eigenvalue weighted by Crippen LogP contribution is 2.36. The van der Waals surface area contributed by atoms with E-state index in [4.69, 9.17) is 21.1 Å². The standard InChI is InChI=1S/C30H33ClN2O5/c1-2-21-9-6-12-23(19-21)28-24(13-7-14-25(28)31)26(34)15-8-17-33(27-20-32-16-18-37-27)30(36)38-29(35)22-10-4-3-5-11-22/h3-7,9-14,19,26-27,32,34H,2,8,15-18,20H2,1H3. The largest absolute Gasteiger partial charge is 0.419 e. The van der Waals surface area contributed by atoms with Gasteiger partial charge in [-0.2, -0.15) is 0 Å². The number of halogens is 1. The predicted octanol–water partition coefficient (Wildman–Crippen LogP) is 5.61. The molecule has 7 nitrogen and oxygen atoms in total. The number of carbonyl (C=O) groups is 2. The van der Waals surface area contributed by atoms with Gasteiger partial charge in [0.15, 0.2) is 0 Å². The number of benzene rings is 3. The fourth-order valence-electron chi connectivity index (χ4n) is 4.56. The van der Waals surface area contributed by atoms with Crippen LogP contribution in [-0.2, 0) is 15.9 Å². The minimum atomic E-state index is -0.803. The van der Waals surface area contributed by atoms with Crippen LogP contribution in [0.25, 0.3) is 11.1 Å². The Kier molecular flexibility index (Phi) is 9.90. The van der Waals surface area contributed by atoms with Gasteiger partial charge in [-0.15, -0.1) is 0 Å². The van der Waals surface area contributed by atoms with Crippen LogP contribution in [0.1, 0.15) is 47.4 Å². The van der Waals surface area contributed by atoms with Gasteiger partial charge in [-0.3, -0.25) is 4.90 Å². The summed E-state index contributed by atoms with van der Waals surface area (Å²) in [5, 5.41) is 14.9. The van der Waals surface area contributed by atoms with E-state index in [1.165, 1.54) is 10.5 Å². The molecule has 1 aliphatic rings. The number of ether oxygens (including phenoxy) is 2. The Morgan fingerprint density at radius 2 is 1.92 bits per heavy atom. The van der Waals surface area contributed by atoms with E-state index in [0.717, 1.165) is 23.1 Å². The van der Waals surface area contributed by atoms with Gasteiger partial charge in [0, 0.05) is 30.2 Å². The number of nitrogens with one attached hydrogen (secondary N) is 1. The van der Waals surface area contributed by atoms with E-state index in [2.05, 4.69) is 24.4 Å². The topological polar surface area (TPSA) is 88.1 Å². The molecular weight excluding hydrogens is 504 g/mol. The maximum Gasteiger partial charge on any atom is 0.419 e. The third kappa shape index (κ3) is 6.99. The molecule has 0 bridgehead atoms. The number of aryl methyl sites for hydroxylation is 1. The lowest BCUT2D eigenvalue weighted by molar-refractivity contribution is -0.0659. The van der Waals surface area contributed by atoms with Crippen LogP contribution in [0.15, 0.2) is 72.8 Å². The Morgan fingerprint density at radius 1 is 1.13 bits per heavy atom. The molecule has 2 unspecified atom stereocenters. The van der Waals surface area contributed by atoms with Crippen LogP contribution >= 0.6 is 11.6 Å². The first-order valence-corrected chi connectivity index (χ1v) is 13.3. The predicted molar refractivity (Wildman–Crippen MR) is 147 cm³/mol. The SMILES string of the molecule is CCc1cccc(-c2c(Cl)cccc2C(O)CCCN(C(=O)OC(=O)c2ccccc2)C2CNCCO2)c1. The molecule has 3 aromatic rings. The molecule has 4 rings (SSSR count). The number of nitrogens with zero attached hydrogens (tertiary/aromatic N) is 1. The zero-order valence-electron chi connectivity index (χ0n) is 21.4. The minimum Gasteiger partial charge on any atom is -0.388 e. The zero-order chi connectivity index (χ0) is 26.9. The number of esters is 1. The molecule has 1 amide bonds. The normalized spacial score (nSPS) is 16.0. The Bertz CT molecular complexity index is 1230. The summed E-state index contributed by atoms with van der Waals surface area (Å²) in [6.07, 6.45) is -0.429. The summed E-state index contributed by atoms with van der Waals surface area (Å²) in [6, 6.07) is 22.0. The smallest absolute Gasteiger partial charge is 0.388 e. The summed E-state index contributed by atoms with van der Waals surface area (Å²) in [5.74, 6) is -0.720. The second-order valence-electron chi connectivity index (χ2n) is 9.16. The molecule has 38 heavy (non-hydrogen) atoms. The van der Waals surface area contributed by atoms with E-state index in [9.17, 15) is 14.7 Å². The third-order valence-electron chi connectivity index (χ3n) is 6.58. The van der Waals surface area contributed by atoms with E-state index in [1.807, 2.05) is 30.3 Å². The van der Waals surface area contributed by atoms with Crippen molar-refractivity contribution >= 4 is 23.7 Å². The number of carbonyl (C=O) groups excluding carboxylic acids is 2. The summed E-state index contributed by atoms with van der Waals surface area (Å²) in [4.78, 5) is 26.9. The molecule has 1 saturated heterocycles. The number of aliphatic hydroxyl groups is 1. The average molecular weight is 537 g/mol. The Balaban J connectivity index is 1.45. The number of morpholine rings is 1. The molecule has 1 fully saturated rings. The van der Waals surface area contributed by atoms with E-state index in [-0.39, 0.29) is 6.54 Å². The van der Waals surface area contributed by atoms with Gasteiger partial charge in [-0.1, -0.05) is 73.1 Å². The fraction of sp³-hybridized carbons (Fsp3) is 0.333. The average Bonchev–Trinajstić information content (AvgIpc) is 2.96. The Morgan fingerprint density at radius 3 is 2.66 bits per heavy atom. The summed E-state index contributed by atoms with van der Waals surface area (Å²) < 4.78 is 10.9. The van der Waals surface area contributed by atoms with E-state index < -0.39 is 24.4 Å². The highest BCUT2D eigenvalue weighted by Gasteiger charge is 2.29. The molecule has 0 aromatic heterocycles. The first kappa shape index (κ1) is 27.8. The Labute approximate surface area is 228 Å². The number of hydrogen-bond donors (Lipinski definition) is 2. The Hall–Kier alpha value is -3.23. The van der Waals surface area contributed by atoms with Crippen molar-refractivity contribution in [2.75, 3.05) is 26.2 Å². The van der Waals surface area contributed by atoms with Crippen LogP contribution in [0.3, 0.4) is 0 Å². The summed E-state index contributed by atoms with van der Waals surface area (Å²) >= 11 is 6.59. The van der Waals surface area contributed by atoms with E-state index in [1.54, 1.807) is 30.3 Å². The fourth-order valence-corrected chi connectivity index (χ4v) is 4.85. The molecule has 0 aliphatic carbocycles. The number of rotatable bonds is 9. The van der Waals surface area contributed by atoms with Crippen LogP contribution in [0.4, 0.5) is 4.79 Å². The number of aliphatic hydroxyl groups excluding tert-OH is 1. The van der Waals surface area contributed by atoms with Crippen LogP contribution in [0.5, 0.6) is 0 Å². The van der Waals surface area contributed by atoms with Crippen molar-refractivity contribution in [2.24, 2.45) is 0 Å². The van der Waals surface area contributed by atoms with Gasteiger partial charge >= 0.3 is 12.1 Å². The lowest BCUT2D eigenvalue weighted by Crippen LogP contribution is -2.52. The monoisotopic (exact) mass is 536 g/mol. The minimum absolute atomic E-state index is 0.242.